The van der Waals surface area contributed by atoms with E-state index in [2.05, 4.69) is 98.9 Å². The van der Waals surface area contributed by atoms with E-state index in [1.54, 1.807) is 0 Å². The van der Waals surface area contributed by atoms with Gasteiger partial charge in [-0.3, -0.25) is 4.79 Å². The van der Waals surface area contributed by atoms with Crippen LogP contribution in [0.1, 0.15) is 187 Å². The number of unbranched alkanes of at least 4 members (excludes halogenated alkanes) is 17. The van der Waals surface area contributed by atoms with Gasteiger partial charge in [0.15, 0.2) is 6.29 Å². The number of hydrogen-bond acceptors (Lipinski definition) is 9. The normalized spacial score (nSPS) is 20.4. The van der Waals surface area contributed by atoms with Crippen molar-refractivity contribution in [1.29, 1.82) is 0 Å². The molecule has 9 heteroatoms. The van der Waals surface area contributed by atoms with Crippen LogP contribution in [0.15, 0.2) is 85.1 Å². The SMILES string of the molecule is CC/C=C\C/C=C\C/C=C\C/C=C\C/C=C\CCCCCCCCCCOCC(COC1OC(CO)C(O)C(O)C1O)OC(=O)CCCCCCC/C=C\C/C=C\CCCCCC. The number of aliphatic hydroxyl groups excluding tert-OH is 4. The lowest BCUT2D eigenvalue weighted by molar-refractivity contribution is -0.305. The molecule has 0 spiro atoms. The summed E-state index contributed by atoms with van der Waals surface area (Å²) in [6.07, 6.45) is 53.2. The van der Waals surface area contributed by atoms with Crippen LogP contribution in [0.2, 0.25) is 0 Å². The molecule has 6 unspecified atom stereocenters. The van der Waals surface area contributed by atoms with Gasteiger partial charge >= 0.3 is 5.97 Å². The lowest BCUT2D eigenvalue weighted by atomic mass is 9.99. The molecule has 0 saturated carbocycles. The highest BCUT2D eigenvalue weighted by atomic mass is 16.7. The Kier molecular flexibility index (Phi) is 41.3. The first kappa shape index (κ1) is 58.4. The van der Waals surface area contributed by atoms with Crippen molar-refractivity contribution in [2.24, 2.45) is 0 Å². The van der Waals surface area contributed by atoms with E-state index in [4.69, 9.17) is 18.9 Å². The minimum atomic E-state index is -1.55. The standard InChI is InChI=1S/C54H92O9/c1-3-5-7-9-11-13-15-17-19-21-22-23-24-25-26-27-28-30-32-34-36-38-40-42-44-60-46-48(47-61-54-53(59)52(58)51(57)49(45-55)63-54)62-50(56)43-41-39-37-35-33-31-29-20-18-16-14-12-10-8-6-4-2/h5,7,11,13-14,16-17,19-20,22-23,25-26,29,48-49,51-55,57-59H,3-4,6,8-10,12,15,18,21,24,27-28,30-47H2,1-2H3/b7-5-,13-11-,16-14-,19-17-,23-22-,26-25-,29-20-. The number of esters is 1. The van der Waals surface area contributed by atoms with E-state index in [1.807, 2.05) is 0 Å². The average Bonchev–Trinajstić information content (AvgIpc) is 3.28. The van der Waals surface area contributed by atoms with Crippen molar-refractivity contribution in [3.05, 3.63) is 85.1 Å². The first-order chi connectivity index (χ1) is 30.9. The van der Waals surface area contributed by atoms with Crippen molar-refractivity contribution in [2.45, 2.75) is 224 Å². The van der Waals surface area contributed by atoms with E-state index in [1.165, 1.54) is 64.2 Å². The number of carbonyl (C=O) groups excluding carboxylic acids is 1. The summed E-state index contributed by atoms with van der Waals surface area (Å²) < 4.78 is 22.9. The smallest absolute Gasteiger partial charge is 0.306 e. The Bertz CT molecular complexity index is 1240. The fourth-order valence-electron chi connectivity index (χ4n) is 7.14. The summed E-state index contributed by atoms with van der Waals surface area (Å²) in [5.74, 6) is -0.333. The third kappa shape index (κ3) is 35.3. The van der Waals surface area contributed by atoms with Crippen molar-refractivity contribution < 1.29 is 44.2 Å². The summed E-state index contributed by atoms with van der Waals surface area (Å²) in [7, 11) is 0. The predicted octanol–water partition coefficient (Wildman–Crippen LogP) is 12.2. The van der Waals surface area contributed by atoms with E-state index < -0.39 is 43.4 Å². The Labute approximate surface area is 384 Å². The molecular formula is C54H92O9. The zero-order chi connectivity index (χ0) is 45.7. The summed E-state index contributed by atoms with van der Waals surface area (Å²) in [4.78, 5) is 12.8. The van der Waals surface area contributed by atoms with E-state index in [0.29, 0.717) is 13.0 Å². The van der Waals surface area contributed by atoms with Crippen LogP contribution < -0.4 is 0 Å². The predicted molar refractivity (Wildman–Crippen MR) is 260 cm³/mol. The van der Waals surface area contributed by atoms with Crippen molar-refractivity contribution in [1.82, 2.24) is 0 Å². The highest BCUT2D eigenvalue weighted by molar-refractivity contribution is 5.69. The topological polar surface area (TPSA) is 135 Å². The minimum absolute atomic E-state index is 0.127. The van der Waals surface area contributed by atoms with Gasteiger partial charge in [0.25, 0.3) is 0 Å². The largest absolute Gasteiger partial charge is 0.457 e. The van der Waals surface area contributed by atoms with Crippen LogP contribution in [0.5, 0.6) is 0 Å². The fraction of sp³-hybridized carbons (Fsp3) is 0.722. The van der Waals surface area contributed by atoms with E-state index >= 15 is 0 Å². The van der Waals surface area contributed by atoms with Crippen molar-refractivity contribution in [3.63, 3.8) is 0 Å². The second-order valence-corrected chi connectivity index (χ2v) is 16.9. The molecule has 0 bridgehead atoms. The number of ether oxygens (including phenoxy) is 4. The maximum absolute atomic E-state index is 12.8. The number of hydrogen-bond donors (Lipinski definition) is 4. The van der Waals surface area contributed by atoms with Gasteiger partial charge in [-0.25, -0.2) is 0 Å². The van der Waals surface area contributed by atoms with E-state index in [9.17, 15) is 25.2 Å². The van der Waals surface area contributed by atoms with Crippen LogP contribution in [-0.2, 0) is 23.7 Å². The molecule has 9 nitrogen and oxygen atoms in total. The fourth-order valence-corrected chi connectivity index (χ4v) is 7.14. The molecule has 4 N–H and O–H groups in total. The average molecular weight is 885 g/mol. The highest BCUT2D eigenvalue weighted by Gasteiger charge is 2.44. The number of aliphatic hydroxyl groups is 4. The molecule has 0 aromatic heterocycles. The lowest BCUT2D eigenvalue weighted by Gasteiger charge is -2.39. The summed E-state index contributed by atoms with van der Waals surface area (Å²) >= 11 is 0. The van der Waals surface area contributed by atoms with Gasteiger partial charge in [0, 0.05) is 13.0 Å². The van der Waals surface area contributed by atoms with Crippen LogP contribution in [0.25, 0.3) is 0 Å². The third-order valence-corrected chi connectivity index (χ3v) is 11.0. The zero-order valence-corrected chi connectivity index (χ0v) is 39.8. The van der Waals surface area contributed by atoms with Crippen LogP contribution >= 0.6 is 0 Å². The molecule has 0 amide bonds. The Morgan fingerprint density at radius 1 is 0.524 bits per heavy atom. The van der Waals surface area contributed by atoms with E-state index in [-0.39, 0.29) is 19.2 Å². The highest BCUT2D eigenvalue weighted by Crippen LogP contribution is 2.22. The van der Waals surface area contributed by atoms with Crippen molar-refractivity contribution in [2.75, 3.05) is 26.4 Å². The van der Waals surface area contributed by atoms with Gasteiger partial charge in [-0.1, -0.05) is 176 Å². The van der Waals surface area contributed by atoms with E-state index in [0.717, 1.165) is 103 Å². The summed E-state index contributed by atoms with van der Waals surface area (Å²) in [5.41, 5.74) is 0. The second kappa shape index (κ2) is 44.6. The molecule has 0 aromatic rings. The summed E-state index contributed by atoms with van der Waals surface area (Å²) in [6.45, 7) is 4.38. The molecule has 1 fully saturated rings. The number of carbonyl (C=O) groups is 1. The van der Waals surface area contributed by atoms with Crippen LogP contribution in [0.3, 0.4) is 0 Å². The van der Waals surface area contributed by atoms with Gasteiger partial charge in [0.1, 0.15) is 30.5 Å². The molecule has 1 heterocycles. The molecule has 1 rings (SSSR count). The van der Waals surface area contributed by atoms with Gasteiger partial charge in [-0.15, -0.1) is 0 Å². The third-order valence-electron chi connectivity index (χ3n) is 11.0. The summed E-state index contributed by atoms with van der Waals surface area (Å²) in [5, 5.41) is 40.2. The molecule has 0 aromatic carbocycles. The molecule has 1 aliphatic heterocycles. The molecular weight excluding hydrogens is 793 g/mol. The van der Waals surface area contributed by atoms with Crippen molar-refractivity contribution in [3.8, 4) is 0 Å². The van der Waals surface area contributed by atoms with Gasteiger partial charge in [0.2, 0.25) is 0 Å². The molecule has 362 valence electrons. The Hall–Kier alpha value is -2.63. The Balaban J connectivity index is 2.23. The second-order valence-electron chi connectivity index (χ2n) is 16.9. The molecule has 0 aliphatic carbocycles. The zero-order valence-electron chi connectivity index (χ0n) is 39.8. The van der Waals surface area contributed by atoms with Crippen molar-refractivity contribution >= 4 is 5.97 Å². The van der Waals surface area contributed by atoms with Gasteiger partial charge < -0.3 is 39.4 Å². The molecule has 0 radical (unpaired) electrons. The first-order valence-electron chi connectivity index (χ1n) is 25.2. The first-order valence-corrected chi connectivity index (χ1v) is 25.2. The number of allylic oxidation sites excluding steroid dienone is 14. The summed E-state index contributed by atoms with van der Waals surface area (Å²) in [6, 6.07) is 0. The van der Waals surface area contributed by atoms with Crippen LogP contribution in [-0.4, -0.2) is 89.6 Å². The molecule has 1 aliphatic rings. The maximum Gasteiger partial charge on any atom is 0.306 e. The molecule has 6 atom stereocenters. The van der Waals surface area contributed by atoms with Crippen LogP contribution in [0, 0.1) is 0 Å². The molecule has 1 saturated heterocycles. The monoisotopic (exact) mass is 885 g/mol. The maximum atomic E-state index is 12.8. The molecule has 63 heavy (non-hydrogen) atoms. The van der Waals surface area contributed by atoms with Crippen LogP contribution in [0.4, 0.5) is 0 Å². The Morgan fingerprint density at radius 2 is 0.968 bits per heavy atom. The Morgan fingerprint density at radius 3 is 1.46 bits per heavy atom. The van der Waals surface area contributed by atoms with Gasteiger partial charge in [-0.2, -0.15) is 0 Å². The lowest BCUT2D eigenvalue weighted by Crippen LogP contribution is -2.59. The van der Waals surface area contributed by atoms with Gasteiger partial charge in [-0.05, 0) is 89.9 Å². The number of rotatable bonds is 42. The minimum Gasteiger partial charge on any atom is -0.457 e. The van der Waals surface area contributed by atoms with Gasteiger partial charge in [0.05, 0.1) is 19.8 Å². The quantitative estimate of drug-likeness (QED) is 0.0268.